The van der Waals surface area contributed by atoms with Crippen LogP contribution in [0.5, 0.6) is 0 Å². The molecule has 1 aliphatic rings. The lowest BCUT2D eigenvalue weighted by atomic mass is 9.84. The first kappa shape index (κ1) is 15.8. The number of carboxylic acids is 1. The van der Waals surface area contributed by atoms with Crippen molar-refractivity contribution in [2.24, 2.45) is 11.8 Å². The molecule has 2 atom stereocenters. The predicted molar refractivity (Wildman–Crippen MR) is 79.3 cm³/mol. The molecule has 2 unspecified atom stereocenters. The van der Waals surface area contributed by atoms with E-state index in [-0.39, 0.29) is 24.2 Å². The van der Waals surface area contributed by atoms with Crippen LogP contribution in [0.3, 0.4) is 0 Å². The Balaban J connectivity index is 2.01. The number of hydrogen-bond donors (Lipinski definition) is 1. The van der Waals surface area contributed by atoms with E-state index in [1.54, 1.807) is 17.0 Å². The highest BCUT2D eigenvalue weighted by Gasteiger charge is 2.28. The Morgan fingerprint density at radius 3 is 2.90 bits per heavy atom. The summed E-state index contributed by atoms with van der Waals surface area (Å²) in [5, 5.41) is 9.25. The van der Waals surface area contributed by atoms with Gasteiger partial charge in [-0.25, -0.2) is 4.98 Å². The van der Waals surface area contributed by atoms with E-state index in [0.717, 1.165) is 12.8 Å². The fourth-order valence-corrected chi connectivity index (χ4v) is 2.90. The van der Waals surface area contributed by atoms with Gasteiger partial charge in [0.05, 0.1) is 5.56 Å². The molecule has 5 nitrogen and oxygen atoms in total. The number of amides is 1. The lowest BCUT2D eigenvalue weighted by Crippen LogP contribution is -2.42. The number of pyridine rings is 1. The highest BCUT2D eigenvalue weighted by atomic mass is 35.5. The van der Waals surface area contributed by atoms with Crippen molar-refractivity contribution >= 4 is 23.5 Å². The molecule has 0 aliphatic carbocycles. The molecule has 0 radical (unpaired) electrons. The molecule has 2 rings (SSSR count). The SMILES string of the molecule is CC(CC(=O)O)C1CCCN(C(=O)c2ccc(Cl)nc2)C1. The molecule has 0 saturated carbocycles. The molecule has 1 saturated heterocycles. The van der Waals surface area contributed by atoms with Gasteiger partial charge in [0.25, 0.3) is 5.91 Å². The maximum Gasteiger partial charge on any atom is 0.303 e. The average Bonchev–Trinajstić information content (AvgIpc) is 2.47. The minimum atomic E-state index is -0.784. The summed E-state index contributed by atoms with van der Waals surface area (Å²) in [5.41, 5.74) is 0.519. The summed E-state index contributed by atoms with van der Waals surface area (Å²) in [6, 6.07) is 3.27. The van der Waals surface area contributed by atoms with Crippen molar-refractivity contribution in [2.75, 3.05) is 13.1 Å². The molecule has 2 heterocycles. The summed E-state index contributed by atoms with van der Waals surface area (Å²) in [6.45, 7) is 3.25. The molecule has 1 aromatic heterocycles. The zero-order valence-corrected chi connectivity index (χ0v) is 12.7. The maximum absolute atomic E-state index is 12.4. The van der Waals surface area contributed by atoms with E-state index in [0.29, 0.717) is 23.8 Å². The van der Waals surface area contributed by atoms with Crippen molar-refractivity contribution in [1.82, 2.24) is 9.88 Å². The first-order valence-corrected chi connectivity index (χ1v) is 7.48. The van der Waals surface area contributed by atoms with Gasteiger partial charge < -0.3 is 10.0 Å². The van der Waals surface area contributed by atoms with Crippen LogP contribution in [0.2, 0.25) is 5.15 Å². The van der Waals surface area contributed by atoms with E-state index < -0.39 is 5.97 Å². The van der Waals surface area contributed by atoms with Gasteiger partial charge >= 0.3 is 5.97 Å². The fourth-order valence-electron chi connectivity index (χ4n) is 2.79. The molecule has 21 heavy (non-hydrogen) atoms. The van der Waals surface area contributed by atoms with Gasteiger partial charge in [-0.3, -0.25) is 9.59 Å². The monoisotopic (exact) mass is 310 g/mol. The molecule has 0 spiro atoms. The lowest BCUT2D eigenvalue weighted by Gasteiger charge is -2.35. The molecular weight excluding hydrogens is 292 g/mol. The molecular formula is C15H19ClN2O3. The van der Waals surface area contributed by atoms with Gasteiger partial charge in [0.2, 0.25) is 0 Å². The van der Waals surface area contributed by atoms with Crippen molar-refractivity contribution in [3.8, 4) is 0 Å². The number of carboxylic acid groups (broad SMARTS) is 1. The summed E-state index contributed by atoms with van der Waals surface area (Å²) in [5.74, 6) is -0.542. The number of hydrogen-bond acceptors (Lipinski definition) is 3. The summed E-state index contributed by atoms with van der Waals surface area (Å²) in [4.78, 5) is 29.0. The molecule has 1 aromatic rings. The van der Waals surface area contributed by atoms with Crippen LogP contribution in [0.1, 0.15) is 36.5 Å². The van der Waals surface area contributed by atoms with E-state index in [2.05, 4.69) is 4.98 Å². The average molecular weight is 311 g/mol. The smallest absolute Gasteiger partial charge is 0.303 e. The molecule has 1 fully saturated rings. The van der Waals surface area contributed by atoms with E-state index in [1.807, 2.05) is 6.92 Å². The summed E-state index contributed by atoms with van der Waals surface area (Å²) in [7, 11) is 0. The van der Waals surface area contributed by atoms with E-state index in [1.165, 1.54) is 6.20 Å². The van der Waals surface area contributed by atoms with Crippen LogP contribution in [0, 0.1) is 11.8 Å². The first-order valence-electron chi connectivity index (χ1n) is 7.10. The second kappa shape index (κ2) is 6.89. The number of likely N-dealkylation sites (tertiary alicyclic amines) is 1. The van der Waals surface area contributed by atoms with Gasteiger partial charge in [0.1, 0.15) is 5.15 Å². The minimum absolute atomic E-state index is 0.0635. The topological polar surface area (TPSA) is 70.5 Å². The largest absolute Gasteiger partial charge is 0.481 e. The number of carbonyl (C=O) groups is 2. The highest BCUT2D eigenvalue weighted by Crippen LogP contribution is 2.27. The first-order chi connectivity index (χ1) is 9.97. The predicted octanol–water partition coefficient (Wildman–Crippen LogP) is 2.70. The fraction of sp³-hybridized carbons (Fsp3) is 0.533. The van der Waals surface area contributed by atoms with E-state index in [4.69, 9.17) is 16.7 Å². The van der Waals surface area contributed by atoms with E-state index >= 15 is 0 Å². The number of halogens is 1. The summed E-state index contributed by atoms with van der Waals surface area (Å²) >= 11 is 5.72. The van der Waals surface area contributed by atoms with Crippen LogP contribution in [0.15, 0.2) is 18.3 Å². The lowest BCUT2D eigenvalue weighted by molar-refractivity contribution is -0.138. The van der Waals surface area contributed by atoms with Crippen molar-refractivity contribution in [1.29, 1.82) is 0 Å². The molecule has 1 aliphatic heterocycles. The Kier molecular flexibility index (Phi) is 5.17. The number of nitrogens with zero attached hydrogens (tertiary/aromatic N) is 2. The number of aromatic nitrogens is 1. The normalized spacial score (nSPS) is 20.1. The summed E-state index contributed by atoms with van der Waals surface area (Å²) in [6.07, 6.45) is 3.50. The van der Waals surface area contributed by atoms with Crippen LogP contribution in [-0.2, 0) is 4.79 Å². The second-order valence-electron chi connectivity index (χ2n) is 5.60. The van der Waals surface area contributed by atoms with Crippen LogP contribution in [0.25, 0.3) is 0 Å². The Morgan fingerprint density at radius 2 is 2.29 bits per heavy atom. The van der Waals surface area contributed by atoms with Crippen LogP contribution >= 0.6 is 11.6 Å². The molecule has 0 aromatic carbocycles. The third-order valence-electron chi connectivity index (χ3n) is 4.02. The Hall–Kier alpha value is -1.62. The van der Waals surface area contributed by atoms with Gasteiger partial charge in [-0.2, -0.15) is 0 Å². The van der Waals surface area contributed by atoms with Crippen LogP contribution < -0.4 is 0 Å². The van der Waals surface area contributed by atoms with Crippen molar-refractivity contribution in [2.45, 2.75) is 26.2 Å². The zero-order valence-electron chi connectivity index (χ0n) is 12.0. The number of aliphatic carboxylic acids is 1. The third kappa shape index (κ3) is 4.17. The number of rotatable bonds is 4. The molecule has 114 valence electrons. The quantitative estimate of drug-likeness (QED) is 0.868. The standard InChI is InChI=1S/C15H19ClN2O3/c1-10(7-14(19)20)12-3-2-6-18(9-12)15(21)11-4-5-13(16)17-8-11/h4-5,8,10,12H,2-3,6-7,9H2,1H3,(H,19,20). The second-order valence-corrected chi connectivity index (χ2v) is 5.99. The van der Waals surface area contributed by atoms with Gasteiger partial charge in [-0.05, 0) is 36.8 Å². The van der Waals surface area contributed by atoms with Gasteiger partial charge in [-0.1, -0.05) is 18.5 Å². The third-order valence-corrected chi connectivity index (χ3v) is 4.24. The molecule has 1 N–H and O–H groups in total. The van der Waals surface area contributed by atoms with E-state index in [9.17, 15) is 9.59 Å². The molecule has 1 amide bonds. The molecule has 0 bridgehead atoms. The zero-order chi connectivity index (χ0) is 15.4. The van der Waals surface area contributed by atoms with Crippen molar-refractivity contribution < 1.29 is 14.7 Å². The molecule has 6 heteroatoms. The number of piperidine rings is 1. The Bertz CT molecular complexity index is 518. The Labute approximate surface area is 128 Å². The number of carbonyl (C=O) groups excluding carboxylic acids is 1. The van der Waals surface area contributed by atoms with Gasteiger partial charge in [-0.15, -0.1) is 0 Å². The van der Waals surface area contributed by atoms with Gasteiger partial charge in [0, 0.05) is 25.7 Å². The highest BCUT2D eigenvalue weighted by molar-refractivity contribution is 6.29. The minimum Gasteiger partial charge on any atom is -0.481 e. The Morgan fingerprint density at radius 1 is 1.52 bits per heavy atom. The van der Waals surface area contributed by atoms with Crippen LogP contribution in [-0.4, -0.2) is 40.0 Å². The summed E-state index contributed by atoms with van der Waals surface area (Å²) < 4.78 is 0. The van der Waals surface area contributed by atoms with Crippen molar-refractivity contribution in [3.63, 3.8) is 0 Å². The van der Waals surface area contributed by atoms with Crippen LogP contribution in [0.4, 0.5) is 0 Å². The van der Waals surface area contributed by atoms with Crippen molar-refractivity contribution in [3.05, 3.63) is 29.0 Å². The maximum atomic E-state index is 12.4. The van der Waals surface area contributed by atoms with Gasteiger partial charge in [0.15, 0.2) is 0 Å².